The van der Waals surface area contributed by atoms with Gasteiger partial charge in [-0.25, -0.2) is 9.59 Å². The van der Waals surface area contributed by atoms with E-state index in [2.05, 4.69) is 17.9 Å². The maximum Gasteiger partial charge on any atom is 0.336 e. The first-order valence-electron chi connectivity index (χ1n) is 10.2. The molecule has 1 aliphatic rings. The van der Waals surface area contributed by atoms with Crippen molar-refractivity contribution in [3.8, 4) is 0 Å². The third-order valence-corrected chi connectivity index (χ3v) is 5.09. The summed E-state index contributed by atoms with van der Waals surface area (Å²) in [6, 6.07) is 5.55. The maximum atomic E-state index is 13.2. The second-order valence-corrected chi connectivity index (χ2v) is 8.11. The normalized spacial score (nSPS) is 17.6. The fourth-order valence-corrected chi connectivity index (χ4v) is 3.89. The molecule has 0 saturated carbocycles. The first-order valence-corrected chi connectivity index (χ1v) is 10.6. The Kier molecular flexibility index (Phi) is 8.26. The van der Waals surface area contributed by atoms with E-state index in [0.717, 1.165) is 0 Å². The topological polar surface area (TPSA) is 134 Å². The van der Waals surface area contributed by atoms with Gasteiger partial charge in [-0.2, -0.15) is 0 Å². The van der Waals surface area contributed by atoms with E-state index in [-0.39, 0.29) is 41.3 Å². The number of esters is 3. The van der Waals surface area contributed by atoms with Crippen LogP contribution in [0.5, 0.6) is 0 Å². The molecular formula is C22H26N2O8S. The lowest BCUT2D eigenvalue weighted by Gasteiger charge is -2.36. The second kappa shape index (κ2) is 10.5. The van der Waals surface area contributed by atoms with E-state index in [1.165, 1.54) is 32.0 Å². The van der Waals surface area contributed by atoms with E-state index in [1.807, 2.05) is 0 Å². The van der Waals surface area contributed by atoms with Crippen LogP contribution in [0.3, 0.4) is 0 Å². The number of allylic oxidation sites excluding steroid dienone is 1. The van der Waals surface area contributed by atoms with Crippen molar-refractivity contribution >= 4 is 36.2 Å². The van der Waals surface area contributed by atoms with Gasteiger partial charge < -0.3 is 19.5 Å². The third kappa shape index (κ3) is 5.72. The van der Waals surface area contributed by atoms with Gasteiger partial charge in [-0.3, -0.25) is 14.9 Å². The van der Waals surface area contributed by atoms with Gasteiger partial charge in [0.15, 0.2) is 4.93 Å². The van der Waals surface area contributed by atoms with E-state index in [1.54, 1.807) is 26.8 Å². The number of carbonyl (C=O) groups is 3. The summed E-state index contributed by atoms with van der Waals surface area (Å²) in [5.74, 6) is -3.29. The summed E-state index contributed by atoms with van der Waals surface area (Å²) in [5.41, 5.74) is 0.411. The van der Waals surface area contributed by atoms with E-state index < -0.39 is 33.7 Å². The van der Waals surface area contributed by atoms with Crippen LogP contribution in [0.4, 0.5) is 5.69 Å². The highest BCUT2D eigenvalue weighted by Crippen LogP contribution is 2.44. The molecule has 10 nitrogen and oxygen atoms in total. The summed E-state index contributed by atoms with van der Waals surface area (Å²) in [4.78, 5) is 47.0. The number of hydrogen-bond acceptors (Lipinski definition) is 10. The zero-order valence-electron chi connectivity index (χ0n) is 19.0. The highest BCUT2D eigenvalue weighted by atomic mass is 32.1. The minimum absolute atomic E-state index is 0.0194. The summed E-state index contributed by atoms with van der Waals surface area (Å²) >= 11 is 4.44. The van der Waals surface area contributed by atoms with Crippen LogP contribution in [-0.4, -0.2) is 41.0 Å². The number of rotatable bonds is 8. The minimum atomic E-state index is -1.62. The number of nitrogens with one attached hydrogen (secondary N) is 1. The lowest BCUT2D eigenvalue weighted by molar-refractivity contribution is -0.384. The number of dihydropyridines is 1. The van der Waals surface area contributed by atoms with Crippen molar-refractivity contribution < 1.29 is 33.5 Å². The SMILES string of the molecule is CCOC(=O)C1=C(C)NC(C(C)(S)OC(C)=O)=C(C(=O)OCC)C1c1cccc([N+](=O)[O-])c1. The van der Waals surface area contributed by atoms with E-state index in [9.17, 15) is 24.5 Å². The average Bonchev–Trinajstić information content (AvgIpc) is 2.72. The fourth-order valence-electron chi connectivity index (χ4n) is 3.58. The van der Waals surface area contributed by atoms with E-state index in [0.29, 0.717) is 5.70 Å². The molecule has 0 fully saturated rings. The monoisotopic (exact) mass is 478 g/mol. The zero-order valence-corrected chi connectivity index (χ0v) is 19.9. The molecule has 0 amide bonds. The number of nitro benzene ring substituents is 1. The molecule has 1 N–H and O–H groups in total. The van der Waals surface area contributed by atoms with Gasteiger partial charge in [-0.1, -0.05) is 12.1 Å². The Labute approximate surface area is 196 Å². The van der Waals surface area contributed by atoms with Crippen molar-refractivity contribution in [1.82, 2.24) is 5.32 Å². The Bertz CT molecular complexity index is 1040. The van der Waals surface area contributed by atoms with Crippen LogP contribution in [0.2, 0.25) is 0 Å². The van der Waals surface area contributed by atoms with E-state index >= 15 is 0 Å². The summed E-state index contributed by atoms with van der Waals surface area (Å²) in [7, 11) is 0. The Morgan fingerprint density at radius 3 is 2.24 bits per heavy atom. The number of hydrogen-bond donors (Lipinski definition) is 2. The van der Waals surface area contributed by atoms with Crippen LogP contribution in [0.15, 0.2) is 46.8 Å². The van der Waals surface area contributed by atoms with Crippen LogP contribution in [-0.2, 0) is 28.6 Å². The van der Waals surface area contributed by atoms with Gasteiger partial charge in [0.2, 0.25) is 0 Å². The molecule has 1 aromatic rings. The maximum absolute atomic E-state index is 13.2. The van der Waals surface area contributed by atoms with Crippen molar-refractivity contribution in [3.05, 3.63) is 62.5 Å². The lowest BCUT2D eigenvalue weighted by Crippen LogP contribution is -2.42. The number of non-ortho nitro benzene ring substituents is 1. The molecule has 0 saturated heterocycles. The van der Waals surface area contributed by atoms with Crippen LogP contribution in [0.25, 0.3) is 0 Å². The molecule has 0 aromatic heterocycles. The largest absolute Gasteiger partial charge is 0.463 e. The molecule has 0 bridgehead atoms. The molecule has 0 aliphatic carbocycles. The van der Waals surface area contributed by atoms with Crippen LogP contribution < -0.4 is 5.32 Å². The first-order chi connectivity index (χ1) is 15.4. The van der Waals surface area contributed by atoms with Gasteiger partial charge in [-0.05, 0) is 33.3 Å². The van der Waals surface area contributed by atoms with Crippen molar-refractivity contribution in [1.29, 1.82) is 0 Å². The number of ether oxygens (including phenoxy) is 3. The molecule has 1 aliphatic heterocycles. The fraction of sp³-hybridized carbons (Fsp3) is 0.409. The van der Waals surface area contributed by atoms with Crippen LogP contribution >= 0.6 is 12.6 Å². The molecule has 2 rings (SSSR count). The molecular weight excluding hydrogens is 452 g/mol. The van der Waals surface area contributed by atoms with Crippen molar-refractivity contribution in [2.24, 2.45) is 0 Å². The standard InChI is InChI=1S/C22H26N2O8S/c1-6-30-20(26)16-12(3)23-19(22(5,33)32-13(4)25)18(21(27)31-7-2)17(16)14-9-8-10-15(11-14)24(28)29/h8-11,17,23,33H,6-7H2,1-5H3. The van der Waals surface area contributed by atoms with Gasteiger partial charge in [0, 0.05) is 24.8 Å². The third-order valence-electron chi connectivity index (χ3n) is 4.77. The summed E-state index contributed by atoms with van der Waals surface area (Å²) in [6.45, 7) is 7.54. The molecule has 178 valence electrons. The van der Waals surface area contributed by atoms with E-state index in [4.69, 9.17) is 14.2 Å². The molecule has 2 unspecified atom stereocenters. The molecule has 2 atom stereocenters. The lowest BCUT2D eigenvalue weighted by atomic mass is 9.79. The number of thiol groups is 1. The average molecular weight is 479 g/mol. The van der Waals surface area contributed by atoms with Crippen molar-refractivity contribution in [3.63, 3.8) is 0 Å². The Morgan fingerprint density at radius 1 is 1.15 bits per heavy atom. The van der Waals surface area contributed by atoms with Gasteiger partial charge in [0.1, 0.15) is 0 Å². The highest BCUT2D eigenvalue weighted by molar-refractivity contribution is 7.81. The summed E-state index contributed by atoms with van der Waals surface area (Å²) in [6.07, 6.45) is 0. The molecule has 11 heteroatoms. The summed E-state index contributed by atoms with van der Waals surface area (Å²) in [5, 5.41) is 14.3. The number of nitrogens with zero attached hydrogens (tertiary/aromatic N) is 1. The predicted molar refractivity (Wildman–Crippen MR) is 121 cm³/mol. The predicted octanol–water partition coefficient (Wildman–Crippen LogP) is 3.15. The van der Waals surface area contributed by atoms with Crippen molar-refractivity contribution in [2.45, 2.75) is 45.5 Å². The number of benzene rings is 1. The molecule has 33 heavy (non-hydrogen) atoms. The van der Waals surface area contributed by atoms with Gasteiger partial charge in [0.05, 0.1) is 40.9 Å². The Morgan fingerprint density at radius 2 is 1.73 bits per heavy atom. The van der Waals surface area contributed by atoms with Crippen LogP contribution in [0, 0.1) is 10.1 Å². The Balaban J connectivity index is 2.89. The van der Waals surface area contributed by atoms with Gasteiger partial charge in [0.25, 0.3) is 5.69 Å². The highest BCUT2D eigenvalue weighted by Gasteiger charge is 2.44. The quantitative estimate of drug-likeness (QED) is 0.144. The minimum Gasteiger partial charge on any atom is -0.463 e. The second-order valence-electron chi connectivity index (χ2n) is 7.25. The molecule has 0 spiro atoms. The number of carbonyl (C=O) groups excluding carboxylic acids is 3. The molecule has 1 heterocycles. The summed E-state index contributed by atoms with van der Waals surface area (Å²) < 4.78 is 15.8. The molecule has 1 aromatic carbocycles. The zero-order chi connectivity index (χ0) is 24.9. The smallest absolute Gasteiger partial charge is 0.336 e. The number of nitro groups is 1. The van der Waals surface area contributed by atoms with Gasteiger partial charge >= 0.3 is 17.9 Å². The van der Waals surface area contributed by atoms with Crippen molar-refractivity contribution in [2.75, 3.05) is 13.2 Å². The van der Waals surface area contributed by atoms with Crippen LogP contribution in [0.1, 0.15) is 46.1 Å². The van der Waals surface area contributed by atoms with Gasteiger partial charge in [-0.15, -0.1) is 12.6 Å². The Hall–Kier alpha value is -3.34. The first kappa shape index (κ1) is 25.9. The molecule has 0 radical (unpaired) electrons.